The van der Waals surface area contributed by atoms with Crippen molar-refractivity contribution in [1.29, 1.82) is 0 Å². The third kappa shape index (κ3) is 3.08. The fourth-order valence-corrected chi connectivity index (χ4v) is 3.74. The Morgan fingerprint density at radius 1 is 1.08 bits per heavy atom. The van der Waals surface area contributed by atoms with Gasteiger partial charge in [0, 0.05) is 23.1 Å². The second-order valence-corrected chi connectivity index (χ2v) is 7.37. The van der Waals surface area contributed by atoms with Gasteiger partial charge in [-0.3, -0.25) is 0 Å². The van der Waals surface area contributed by atoms with Gasteiger partial charge in [0.1, 0.15) is 11.5 Å². The molecule has 0 aliphatic rings. The Labute approximate surface area is 156 Å². The number of aromatic nitrogens is 5. The summed E-state index contributed by atoms with van der Waals surface area (Å²) in [4.78, 5) is 17.6. The highest BCUT2D eigenvalue weighted by Crippen LogP contribution is 2.32. The van der Waals surface area contributed by atoms with E-state index in [4.69, 9.17) is 9.97 Å². The van der Waals surface area contributed by atoms with Crippen molar-refractivity contribution in [3.8, 4) is 22.6 Å². The van der Waals surface area contributed by atoms with Crippen molar-refractivity contribution in [3.05, 3.63) is 64.3 Å². The largest absolute Gasteiger partial charge is 0.346 e. The van der Waals surface area contributed by atoms with Crippen LogP contribution < -0.4 is 0 Å². The van der Waals surface area contributed by atoms with E-state index >= 15 is 0 Å². The molecule has 0 saturated carbocycles. The SMILES string of the molecule is CCc1nc(-c2c(-c3ccccc3)ncn2Cc2csc(C)n2)c(C)[nH]1. The zero-order chi connectivity index (χ0) is 18.1. The van der Waals surface area contributed by atoms with Crippen molar-refractivity contribution in [2.24, 2.45) is 0 Å². The van der Waals surface area contributed by atoms with E-state index in [1.54, 1.807) is 11.3 Å². The molecule has 0 spiro atoms. The van der Waals surface area contributed by atoms with E-state index in [1.807, 2.05) is 31.5 Å². The molecule has 4 aromatic rings. The van der Waals surface area contributed by atoms with Crippen LogP contribution in [0.3, 0.4) is 0 Å². The van der Waals surface area contributed by atoms with Gasteiger partial charge in [-0.1, -0.05) is 37.3 Å². The number of hydrogen-bond acceptors (Lipinski definition) is 4. The number of aromatic amines is 1. The number of thiazole rings is 1. The average Bonchev–Trinajstić information content (AvgIpc) is 3.34. The lowest BCUT2D eigenvalue weighted by Gasteiger charge is -2.08. The van der Waals surface area contributed by atoms with E-state index in [0.717, 1.165) is 51.3 Å². The van der Waals surface area contributed by atoms with E-state index < -0.39 is 0 Å². The van der Waals surface area contributed by atoms with Crippen LogP contribution in [-0.2, 0) is 13.0 Å². The number of nitrogens with zero attached hydrogens (tertiary/aromatic N) is 4. The van der Waals surface area contributed by atoms with E-state index in [-0.39, 0.29) is 0 Å². The molecule has 1 N–H and O–H groups in total. The molecule has 1 aromatic carbocycles. The molecule has 0 fully saturated rings. The Morgan fingerprint density at radius 3 is 2.54 bits per heavy atom. The molecular formula is C20H21N5S. The topological polar surface area (TPSA) is 59.4 Å². The molecule has 26 heavy (non-hydrogen) atoms. The molecule has 132 valence electrons. The first kappa shape index (κ1) is 16.7. The van der Waals surface area contributed by atoms with E-state index in [9.17, 15) is 0 Å². The number of aryl methyl sites for hydroxylation is 3. The lowest BCUT2D eigenvalue weighted by atomic mass is 10.1. The van der Waals surface area contributed by atoms with Crippen LogP contribution in [0.15, 0.2) is 42.0 Å². The van der Waals surface area contributed by atoms with Gasteiger partial charge >= 0.3 is 0 Å². The van der Waals surface area contributed by atoms with Gasteiger partial charge in [0.2, 0.25) is 0 Å². The molecule has 6 heteroatoms. The predicted molar refractivity (Wildman–Crippen MR) is 105 cm³/mol. The fraction of sp³-hybridized carbons (Fsp3) is 0.250. The molecule has 3 aromatic heterocycles. The van der Waals surface area contributed by atoms with Crippen LogP contribution >= 0.6 is 11.3 Å². The molecule has 0 amide bonds. The van der Waals surface area contributed by atoms with Crippen LogP contribution in [0, 0.1) is 13.8 Å². The highest BCUT2D eigenvalue weighted by molar-refractivity contribution is 7.09. The summed E-state index contributed by atoms with van der Waals surface area (Å²) >= 11 is 1.67. The Hall–Kier alpha value is -2.73. The van der Waals surface area contributed by atoms with E-state index in [1.165, 1.54) is 0 Å². The van der Waals surface area contributed by atoms with Crippen LogP contribution in [0.25, 0.3) is 22.6 Å². The Bertz CT molecular complexity index is 1030. The van der Waals surface area contributed by atoms with Crippen LogP contribution in [0.4, 0.5) is 0 Å². The van der Waals surface area contributed by atoms with Crippen molar-refractivity contribution in [2.75, 3.05) is 0 Å². The quantitative estimate of drug-likeness (QED) is 0.563. The maximum atomic E-state index is 4.83. The lowest BCUT2D eigenvalue weighted by Crippen LogP contribution is -2.02. The molecule has 0 atom stereocenters. The number of imidazole rings is 2. The summed E-state index contributed by atoms with van der Waals surface area (Å²) in [6.45, 7) is 6.90. The highest BCUT2D eigenvalue weighted by atomic mass is 32.1. The van der Waals surface area contributed by atoms with Crippen LogP contribution in [0.1, 0.15) is 29.1 Å². The standard InChI is InChI=1S/C20H21N5S/c1-4-17-22-13(2)18(24-17)20-19(15-8-6-5-7-9-15)21-12-25(20)10-16-11-26-14(3)23-16/h5-9,11-12H,4,10H2,1-3H3,(H,22,24). The minimum atomic E-state index is 0.688. The van der Waals surface area contributed by atoms with Gasteiger partial charge in [0.15, 0.2) is 0 Å². The van der Waals surface area contributed by atoms with Crippen LogP contribution in [0.5, 0.6) is 0 Å². The predicted octanol–water partition coefficient (Wildman–Crippen LogP) is 4.62. The zero-order valence-electron chi connectivity index (χ0n) is 15.2. The smallest absolute Gasteiger partial charge is 0.110 e. The molecule has 0 bridgehead atoms. The summed E-state index contributed by atoms with van der Waals surface area (Å²) in [5.74, 6) is 0.994. The summed E-state index contributed by atoms with van der Waals surface area (Å²) in [6, 6.07) is 10.3. The number of benzene rings is 1. The molecule has 0 unspecified atom stereocenters. The van der Waals surface area contributed by atoms with E-state index in [2.05, 4.69) is 45.9 Å². The van der Waals surface area contributed by atoms with Crippen LogP contribution in [0.2, 0.25) is 0 Å². The average molecular weight is 363 g/mol. The summed E-state index contributed by atoms with van der Waals surface area (Å²) in [7, 11) is 0. The first-order valence-electron chi connectivity index (χ1n) is 8.73. The number of hydrogen-bond donors (Lipinski definition) is 1. The first-order valence-corrected chi connectivity index (χ1v) is 9.61. The minimum Gasteiger partial charge on any atom is -0.346 e. The second-order valence-electron chi connectivity index (χ2n) is 6.30. The van der Waals surface area contributed by atoms with E-state index in [0.29, 0.717) is 6.54 Å². The second kappa shape index (κ2) is 6.88. The van der Waals surface area contributed by atoms with Crippen molar-refractivity contribution in [2.45, 2.75) is 33.7 Å². The Balaban J connectivity index is 1.86. The monoisotopic (exact) mass is 363 g/mol. The van der Waals surface area contributed by atoms with Crippen molar-refractivity contribution in [3.63, 3.8) is 0 Å². The van der Waals surface area contributed by atoms with Crippen molar-refractivity contribution in [1.82, 2.24) is 24.5 Å². The van der Waals surface area contributed by atoms with Crippen molar-refractivity contribution >= 4 is 11.3 Å². The van der Waals surface area contributed by atoms with Gasteiger partial charge in [-0.05, 0) is 13.8 Å². The van der Waals surface area contributed by atoms with Gasteiger partial charge in [-0.25, -0.2) is 15.0 Å². The third-order valence-corrected chi connectivity index (χ3v) is 5.20. The third-order valence-electron chi connectivity index (χ3n) is 4.38. The van der Waals surface area contributed by atoms with Gasteiger partial charge in [0.05, 0.1) is 35.0 Å². The van der Waals surface area contributed by atoms with Gasteiger partial charge in [0.25, 0.3) is 0 Å². The number of rotatable bonds is 5. The summed E-state index contributed by atoms with van der Waals surface area (Å²) in [6.07, 6.45) is 2.77. The lowest BCUT2D eigenvalue weighted by molar-refractivity contribution is 0.781. The molecule has 4 rings (SSSR count). The maximum Gasteiger partial charge on any atom is 0.110 e. The zero-order valence-corrected chi connectivity index (χ0v) is 16.0. The van der Waals surface area contributed by atoms with Gasteiger partial charge in [-0.15, -0.1) is 11.3 Å². The normalized spacial score (nSPS) is 11.2. The van der Waals surface area contributed by atoms with Gasteiger partial charge in [-0.2, -0.15) is 0 Å². The molecule has 3 heterocycles. The Kier molecular flexibility index (Phi) is 4.42. The van der Waals surface area contributed by atoms with Gasteiger partial charge < -0.3 is 9.55 Å². The summed E-state index contributed by atoms with van der Waals surface area (Å²) in [5, 5.41) is 3.19. The molecule has 0 radical (unpaired) electrons. The summed E-state index contributed by atoms with van der Waals surface area (Å²) < 4.78 is 2.15. The molecule has 0 aliphatic heterocycles. The molecule has 5 nitrogen and oxygen atoms in total. The summed E-state index contributed by atoms with van der Waals surface area (Å²) in [5.41, 5.74) is 6.16. The highest BCUT2D eigenvalue weighted by Gasteiger charge is 2.20. The van der Waals surface area contributed by atoms with Crippen molar-refractivity contribution < 1.29 is 0 Å². The molecule has 0 saturated heterocycles. The number of nitrogens with one attached hydrogen (secondary N) is 1. The maximum absolute atomic E-state index is 4.83. The Morgan fingerprint density at radius 2 is 1.88 bits per heavy atom. The molecular weight excluding hydrogens is 342 g/mol. The number of H-pyrrole nitrogens is 1. The fourth-order valence-electron chi connectivity index (χ4n) is 3.13. The first-order chi connectivity index (χ1) is 12.7. The molecule has 0 aliphatic carbocycles. The minimum absolute atomic E-state index is 0.688. The van der Waals surface area contributed by atoms with Crippen LogP contribution in [-0.4, -0.2) is 24.5 Å².